The van der Waals surface area contributed by atoms with Crippen LogP contribution in [0.1, 0.15) is 6.42 Å². The Labute approximate surface area is 88.8 Å². The van der Waals surface area contributed by atoms with Crippen LogP contribution in [-0.4, -0.2) is 44.4 Å². The minimum Gasteiger partial charge on any atom is -0.481 e. The fourth-order valence-corrected chi connectivity index (χ4v) is 0.694. The Kier molecular flexibility index (Phi) is 6.98. The van der Waals surface area contributed by atoms with Gasteiger partial charge in [0.1, 0.15) is 5.92 Å². The van der Waals surface area contributed by atoms with E-state index in [0.717, 1.165) is 0 Å². The van der Waals surface area contributed by atoms with Crippen LogP contribution in [0.4, 0.5) is 0 Å². The average molecular weight is 256 g/mol. The third-order valence-electron chi connectivity index (χ3n) is 1.35. The summed E-state index contributed by atoms with van der Waals surface area (Å²) in [5, 5.41) is 33.5. The molecule has 85 valence electrons. The van der Waals surface area contributed by atoms with Crippen molar-refractivity contribution in [1.82, 2.24) is 0 Å². The van der Waals surface area contributed by atoms with Crippen LogP contribution in [0.25, 0.3) is 0 Å². The van der Waals surface area contributed by atoms with Crippen LogP contribution in [0.3, 0.4) is 0 Å². The predicted molar refractivity (Wildman–Crippen MR) is 37.0 cm³/mol. The molecule has 2 atom stereocenters. The third kappa shape index (κ3) is 4.80. The van der Waals surface area contributed by atoms with Gasteiger partial charge in [0.25, 0.3) is 0 Å². The molecule has 0 bridgehead atoms. The fraction of sp³-hybridized carbons (Fsp3) is 0.500. The monoisotopic (exact) mass is 255 g/mol. The first-order valence-electron chi connectivity index (χ1n) is 3.21. The van der Waals surface area contributed by atoms with Crippen molar-refractivity contribution < 1.29 is 51.9 Å². The maximum atomic E-state index is 10.3. The first kappa shape index (κ1) is 15.4. The van der Waals surface area contributed by atoms with Gasteiger partial charge in [-0.1, -0.05) is 0 Å². The average Bonchev–Trinajstić information content (AvgIpc) is 1.97. The van der Waals surface area contributed by atoms with Crippen LogP contribution in [0.5, 0.6) is 0 Å². The van der Waals surface area contributed by atoms with Crippen molar-refractivity contribution in [2.24, 2.45) is 5.92 Å². The Hall–Kier alpha value is -1.11. The molecule has 0 aliphatic heterocycles. The summed E-state index contributed by atoms with van der Waals surface area (Å²) in [5.41, 5.74) is 0. The summed E-state index contributed by atoms with van der Waals surface area (Å²) in [5.74, 6) is -6.71. The molecular weight excluding hydrogens is 248 g/mol. The van der Waals surface area contributed by atoms with Gasteiger partial charge in [0.15, 0.2) is 6.10 Å². The maximum Gasteiger partial charge on any atom is 0.333 e. The number of carboxylic acids is 3. The second kappa shape index (κ2) is 6.36. The molecule has 0 aliphatic carbocycles. The van der Waals surface area contributed by atoms with Gasteiger partial charge >= 0.3 is 17.9 Å². The molecule has 2 unspecified atom stereocenters. The molecule has 8 heteroatoms. The van der Waals surface area contributed by atoms with E-state index in [1.54, 1.807) is 0 Å². The summed E-state index contributed by atoms with van der Waals surface area (Å²) >= 11 is 0. The second-order valence-electron chi connectivity index (χ2n) is 2.33. The van der Waals surface area contributed by atoms with E-state index in [2.05, 4.69) is 0 Å². The molecule has 0 saturated carbocycles. The molecular formula is C6H8CuO7. The number of aliphatic hydroxyl groups excluding tert-OH is 1. The van der Waals surface area contributed by atoms with Gasteiger partial charge in [-0.2, -0.15) is 0 Å². The summed E-state index contributed by atoms with van der Waals surface area (Å²) in [7, 11) is 0. The smallest absolute Gasteiger partial charge is 0.333 e. The predicted octanol–water partition coefficient (Wildman–Crippen LogP) is -1.40. The van der Waals surface area contributed by atoms with Crippen molar-refractivity contribution >= 4 is 17.9 Å². The van der Waals surface area contributed by atoms with E-state index in [-0.39, 0.29) is 17.1 Å². The van der Waals surface area contributed by atoms with Gasteiger partial charge in [-0.15, -0.1) is 0 Å². The number of carbonyl (C=O) groups is 3. The molecule has 0 heterocycles. The number of aliphatic hydroxyl groups is 1. The van der Waals surface area contributed by atoms with Gasteiger partial charge < -0.3 is 20.4 Å². The Balaban J connectivity index is 0. The van der Waals surface area contributed by atoms with Crippen molar-refractivity contribution in [3.8, 4) is 0 Å². The quantitative estimate of drug-likeness (QED) is 0.444. The van der Waals surface area contributed by atoms with Crippen LogP contribution in [0, 0.1) is 5.92 Å². The standard InChI is InChI=1S/C6H8O7.Cu/c7-3(8)1-2(5(10)11)4(9)6(12)13;/h2,4,9H,1H2,(H,7,8)(H,10,11)(H,12,13);. The number of hydrogen-bond acceptors (Lipinski definition) is 4. The summed E-state index contributed by atoms with van der Waals surface area (Å²) < 4.78 is 0. The first-order chi connectivity index (χ1) is 5.86. The molecule has 0 aliphatic rings. The van der Waals surface area contributed by atoms with Gasteiger partial charge in [0, 0.05) is 17.1 Å². The molecule has 0 saturated heterocycles. The van der Waals surface area contributed by atoms with Gasteiger partial charge in [0.2, 0.25) is 0 Å². The van der Waals surface area contributed by atoms with Crippen LogP contribution in [0.2, 0.25) is 0 Å². The number of aliphatic carboxylic acids is 3. The zero-order valence-electron chi connectivity index (χ0n) is 6.68. The van der Waals surface area contributed by atoms with Crippen LogP contribution >= 0.6 is 0 Å². The van der Waals surface area contributed by atoms with Crippen LogP contribution in [-0.2, 0) is 31.5 Å². The van der Waals surface area contributed by atoms with Crippen LogP contribution < -0.4 is 0 Å². The number of rotatable bonds is 5. The molecule has 1 radical (unpaired) electrons. The van der Waals surface area contributed by atoms with Gasteiger partial charge in [-0.05, 0) is 0 Å². The van der Waals surface area contributed by atoms with Crippen molar-refractivity contribution in [2.45, 2.75) is 12.5 Å². The zero-order valence-corrected chi connectivity index (χ0v) is 7.62. The van der Waals surface area contributed by atoms with E-state index >= 15 is 0 Å². The Morgan fingerprint density at radius 3 is 1.64 bits per heavy atom. The summed E-state index contributed by atoms with van der Waals surface area (Å²) in [6.07, 6.45) is -3.13. The number of carboxylic acid groups (broad SMARTS) is 3. The molecule has 0 rings (SSSR count). The molecule has 0 aromatic rings. The van der Waals surface area contributed by atoms with Crippen LogP contribution in [0.15, 0.2) is 0 Å². The van der Waals surface area contributed by atoms with E-state index in [9.17, 15) is 14.4 Å². The van der Waals surface area contributed by atoms with E-state index in [0.29, 0.717) is 0 Å². The van der Waals surface area contributed by atoms with Gasteiger partial charge in [0.05, 0.1) is 6.42 Å². The maximum absolute atomic E-state index is 10.3. The molecule has 4 N–H and O–H groups in total. The zero-order chi connectivity index (χ0) is 10.6. The summed E-state index contributed by atoms with van der Waals surface area (Å²) in [4.78, 5) is 30.5. The van der Waals surface area contributed by atoms with Crippen molar-refractivity contribution in [3.05, 3.63) is 0 Å². The van der Waals surface area contributed by atoms with E-state index in [1.807, 2.05) is 0 Å². The molecule has 0 aromatic carbocycles. The van der Waals surface area contributed by atoms with E-state index < -0.39 is 36.4 Å². The Morgan fingerprint density at radius 2 is 1.43 bits per heavy atom. The van der Waals surface area contributed by atoms with Crippen molar-refractivity contribution in [3.63, 3.8) is 0 Å². The second-order valence-corrected chi connectivity index (χ2v) is 2.33. The normalized spacial score (nSPS) is 13.5. The molecule has 14 heavy (non-hydrogen) atoms. The van der Waals surface area contributed by atoms with Crippen molar-refractivity contribution in [1.29, 1.82) is 0 Å². The summed E-state index contributed by atoms with van der Waals surface area (Å²) in [6, 6.07) is 0. The van der Waals surface area contributed by atoms with Gasteiger partial charge in [-0.25, -0.2) is 4.79 Å². The minimum absolute atomic E-state index is 0. The SMILES string of the molecule is O=C(O)CC(C(=O)O)C(O)C(=O)O.[Cu]. The Morgan fingerprint density at radius 1 is 1.00 bits per heavy atom. The first-order valence-corrected chi connectivity index (χ1v) is 3.21. The topological polar surface area (TPSA) is 132 Å². The fourth-order valence-electron chi connectivity index (χ4n) is 0.694. The largest absolute Gasteiger partial charge is 0.481 e. The van der Waals surface area contributed by atoms with Gasteiger partial charge in [-0.3, -0.25) is 9.59 Å². The Bertz CT molecular complexity index is 238. The molecule has 0 spiro atoms. The van der Waals surface area contributed by atoms with Crippen molar-refractivity contribution in [2.75, 3.05) is 0 Å². The van der Waals surface area contributed by atoms with E-state index in [4.69, 9.17) is 20.4 Å². The molecule has 7 nitrogen and oxygen atoms in total. The van der Waals surface area contributed by atoms with E-state index in [1.165, 1.54) is 0 Å². The minimum atomic E-state index is -2.20. The summed E-state index contributed by atoms with van der Waals surface area (Å²) in [6.45, 7) is 0. The molecule has 0 amide bonds. The number of hydrogen-bond donors (Lipinski definition) is 4. The third-order valence-corrected chi connectivity index (χ3v) is 1.35. The molecule has 0 aromatic heterocycles. The molecule has 0 fully saturated rings.